The SMILES string of the molecule is Fc1ccc(-c2ccc3ccc4cccc5ccc2c3c45)cn1. The molecule has 0 aliphatic rings. The summed E-state index contributed by atoms with van der Waals surface area (Å²) in [6, 6.07) is 22.5. The monoisotopic (exact) mass is 297 g/mol. The Balaban J connectivity index is 1.96. The van der Waals surface area contributed by atoms with Gasteiger partial charge >= 0.3 is 0 Å². The fraction of sp³-hybridized carbons (Fsp3) is 0. The first-order valence-corrected chi connectivity index (χ1v) is 7.60. The van der Waals surface area contributed by atoms with Crippen LogP contribution in [0.15, 0.2) is 72.9 Å². The first-order valence-electron chi connectivity index (χ1n) is 7.60. The quantitative estimate of drug-likeness (QED) is 0.282. The van der Waals surface area contributed by atoms with Crippen LogP contribution in [0.4, 0.5) is 4.39 Å². The van der Waals surface area contributed by atoms with Crippen LogP contribution in [0.5, 0.6) is 0 Å². The molecule has 0 aliphatic carbocycles. The van der Waals surface area contributed by atoms with E-state index in [2.05, 4.69) is 59.6 Å². The molecule has 5 aromatic rings. The zero-order valence-electron chi connectivity index (χ0n) is 12.3. The summed E-state index contributed by atoms with van der Waals surface area (Å²) in [6.07, 6.45) is 1.60. The van der Waals surface area contributed by atoms with Gasteiger partial charge in [-0.15, -0.1) is 0 Å². The molecule has 0 radical (unpaired) electrons. The second kappa shape index (κ2) is 4.50. The average Bonchev–Trinajstić information content (AvgIpc) is 2.60. The van der Waals surface area contributed by atoms with Crippen molar-refractivity contribution in [3.63, 3.8) is 0 Å². The van der Waals surface area contributed by atoms with Gasteiger partial charge in [0.1, 0.15) is 0 Å². The highest BCUT2D eigenvalue weighted by Crippen LogP contribution is 2.38. The van der Waals surface area contributed by atoms with Crippen molar-refractivity contribution in [2.45, 2.75) is 0 Å². The van der Waals surface area contributed by atoms with Gasteiger partial charge in [0.2, 0.25) is 5.95 Å². The Morgan fingerprint density at radius 2 is 1.35 bits per heavy atom. The van der Waals surface area contributed by atoms with E-state index in [-0.39, 0.29) is 0 Å². The second-order valence-electron chi connectivity index (χ2n) is 5.84. The highest BCUT2D eigenvalue weighted by molar-refractivity contribution is 6.25. The van der Waals surface area contributed by atoms with Gasteiger partial charge in [-0.25, -0.2) is 4.98 Å². The zero-order valence-corrected chi connectivity index (χ0v) is 12.3. The molecule has 0 saturated carbocycles. The Morgan fingerprint density at radius 1 is 0.652 bits per heavy atom. The van der Waals surface area contributed by atoms with Crippen molar-refractivity contribution in [2.24, 2.45) is 0 Å². The lowest BCUT2D eigenvalue weighted by atomic mass is 9.90. The minimum absolute atomic E-state index is 0.452. The molecule has 23 heavy (non-hydrogen) atoms. The van der Waals surface area contributed by atoms with Gasteiger partial charge in [0.25, 0.3) is 0 Å². The summed E-state index contributed by atoms with van der Waals surface area (Å²) in [6.45, 7) is 0. The van der Waals surface area contributed by atoms with E-state index in [0.717, 1.165) is 11.1 Å². The highest BCUT2D eigenvalue weighted by atomic mass is 19.1. The molecule has 4 aromatic carbocycles. The van der Waals surface area contributed by atoms with Gasteiger partial charge in [-0.05, 0) is 50.0 Å². The predicted molar refractivity (Wildman–Crippen MR) is 93.3 cm³/mol. The van der Waals surface area contributed by atoms with E-state index in [1.54, 1.807) is 12.3 Å². The topological polar surface area (TPSA) is 12.9 Å². The number of halogens is 1. The lowest BCUT2D eigenvalue weighted by Gasteiger charge is -2.13. The molecule has 1 nitrogen and oxygen atoms in total. The number of benzene rings is 4. The van der Waals surface area contributed by atoms with Crippen molar-refractivity contribution in [1.29, 1.82) is 0 Å². The van der Waals surface area contributed by atoms with Gasteiger partial charge in [-0.2, -0.15) is 4.39 Å². The van der Waals surface area contributed by atoms with E-state index in [4.69, 9.17) is 0 Å². The van der Waals surface area contributed by atoms with Crippen molar-refractivity contribution in [3.05, 3.63) is 78.9 Å². The third-order valence-electron chi connectivity index (χ3n) is 4.57. The molecule has 0 saturated heterocycles. The van der Waals surface area contributed by atoms with Crippen molar-refractivity contribution in [3.8, 4) is 11.1 Å². The minimum atomic E-state index is -0.452. The van der Waals surface area contributed by atoms with Crippen molar-refractivity contribution in [1.82, 2.24) is 4.98 Å². The van der Waals surface area contributed by atoms with Crippen LogP contribution < -0.4 is 0 Å². The van der Waals surface area contributed by atoms with Gasteiger partial charge < -0.3 is 0 Å². The van der Waals surface area contributed by atoms with E-state index in [9.17, 15) is 4.39 Å². The Hall–Kier alpha value is -3.00. The molecule has 1 aromatic heterocycles. The third-order valence-corrected chi connectivity index (χ3v) is 4.57. The largest absolute Gasteiger partial charge is 0.228 e. The Morgan fingerprint density at radius 3 is 2.09 bits per heavy atom. The Labute approximate surface area is 132 Å². The van der Waals surface area contributed by atoms with Crippen LogP contribution in [0.3, 0.4) is 0 Å². The van der Waals surface area contributed by atoms with Gasteiger partial charge in [-0.3, -0.25) is 0 Å². The molecule has 108 valence electrons. The molecule has 0 atom stereocenters. The van der Waals surface area contributed by atoms with Crippen LogP contribution in [-0.4, -0.2) is 4.98 Å². The van der Waals surface area contributed by atoms with Crippen LogP contribution in [0, 0.1) is 5.95 Å². The molecule has 0 N–H and O–H groups in total. The van der Waals surface area contributed by atoms with Crippen molar-refractivity contribution >= 4 is 32.3 Å². The maximum Gasteiger partial charge on any atom is 0.212 e. The lowest BCUT2D eigenvalue weighted by Crippen LogP contribution is -1.88. The van der Waals surface area contributed by atoms with E-state index >= 15 is 0 Å². The van der Waals surface area contributed by atoms with Crippen LogP contribution in [-0.2, 0) is 0 Å². The van der Waals surface area contributed by atoms with Gasteiger partial charge in [0.15, 0.2) is 0 Å². The average molecular weight is 297 g/mol. The number of rotatable bonds is 1. The molecule has 2 heteroatoms. The second-order valence-corrected chi connectivity index (χ2v) is 5.84. The molecular formula is C21H12FN. The highest BCUT2D eigenvalue weighted by Gasteiger charge is 2.11. The molecule has 1 heterocycles. The first kappa shape index (κ1) is 12.5. The van der Waals surface area contributed by atoms with Crippen molar-refractivity contribution in [2.75, 3.05) is 0 Å². The third kappa shape index (κ3) is 1.75. The van der Waals surface area contributed by atoms with Crippen LogP contribution in [0.25, 0.3) is 43.4 Å². The molecule has 0 bridgehead atoms. The maximum atomic E-state index is 13.1. The zero-order chi connectivity index (χ0) is 15.4. The summed E-state index contributed by atoms with van der Waals surface area (Å²) in [4.78, 5) is 3.80. The van der Waals surface area contributed by atoms with E-state index < -0.39 is 5.95 Å². The summed E-state index contributed by atoms with van der Waals surface area (Å²) in [5, 5.41) is 7.45. The van der Waals surface area contributed by atoms with Gasteiger partial charge in [-0.1, -0.05) is 54.6 Å². The fourth-order valence-corrected chi connectivity index (χ4v) is 3.52. The first-order chi connectivity index (χ1) is 11.3. The maximum absolute atomic E-state index is 13.1. The summed E-state index contributed by atoms with van der Waals surface area (Å²) < 4.78 is 13.1. The van der Waals surface area contributed by atoms with Gasteiger partial charge in [0, 0.05) is 11.8 Å². The van der Waals surface area contributed by atoms with Crippen LogP contribution in [0.1, 0.15) is 0 Å². The molecule has 0 fully saturated rings. The number of hydrogen-bond acceptors (Lipinski definition) is 1. The van der Waals surface area contributed by atoms with Crippen LogP contribution >= 0.6 is 0 Å². The standard InChI is InChI=1S/C21H12FN/c22-19-11-8-16(12-23-19)17-9-6-15-5-4-13-2-1-3-14-7-10-18(17)21(15)20(13)14/h1-12H. The molecule has 0 unspecified atom stereocenters. The summed E-state index contributed by atoms with van der Waals surface area (Å²) in [5.74, 6) is -0.452. The Kier molecular flexibility index (Phi) is 2.45. The molecule has 0 spiro atoms. The molecule has 5 rings (SSSR count). The van der Waals surface area contributed by atoms with Gasteiger partial charge in [0.05, 0.1) is 0 Å². The molecular weight excluding hydrogens is 285 g/mol. The normalized spacial score (nSPS) is 11.7. The summed E-state index contributed by atoms with van der Waals surface area (Å²) >= 11 is 0. The Bertz CT molecular complexity index is 1140. The molecule has 0 aliphatic heterocycles. The fourth-order valence-electron chi connectivity index (χ4n) is 3.52. The van der Waals surface area contributed by atoms with E-state index in [0.29, 0.717) is 0 Å². The van der Waals surface area contributed by atoms with E-state index in [1.807, 2.05) is 0 Å². The minimum Gasteiger partial charge on any atom is -0.228 e. The number of hydrogen-bond donors (Lipinski definition) is 0. The number of pyridine rings is 1. The lowest BCUT2D eigenvalue weighted by molar-refractivity contribution is 0.584. The smallest absolute Gasteiger partial charge is 0.212 e. The summed E-state index contributed by atoms with van der Waals surface area (Å²) in [5.41, 5.74) is 2.02. The number of aromatic nitrogens is 1. The van der Waals surface area contributed by atoms with Crippen molar-refractivity contribution < 1.29 is 4.39 Å². The number of nitrogens with zero attached hydrogens (tertiary/aromatic N) is 1. The van der Waals surface area contributed by atoms with Crippen LogP contribution in [0.2, 0.25) is 0 Å². The summed E-state index contributed by atoms with van der Waals surface area (Å²) in [7, 11) is 0. The van der Waals surface area contributed by atoms with E-state index in [1.165, 1.54) is 38.4 Å². The molecule has 0 amide bonds. The predicted octanol–water partition coefficient (Wildman–Crippen LogP) is 5.79.